The molecule has 0 bridgehead atoms. The molecule has 1 heterocycles. The molecule has 104 valence electrons. The van der Waals surface area contributed by atoms with Crippen molar-refractivity contribution < 1.29 is 23.4 Å². The minimum Gasteiger partial charge on any atom is -0.490 e. The molecule has 1 aliphatic heterocycles. The molecular weight excluding hydrogens is 266 g/mol. The SMILES string of the molecule is OC1COc2cc(OCc3ccc(F)cc3F)ccc21. The van der Waals surface area contributed by atoms with Gasteiger partial charge in [0.25, 0.3) is 0 Å². The fourth-order valence-electron chi connectivity index (χ4n) is 2.06. The van der Waals surface area contributed by atoms with Crippen molar-refractivity contribution in [2.24, 2.45) is 0 Å². The summed E-state index contributed by atoms with van der Waals surface area (Å²) < 4.78 is 37.0. The molecule has 1 atom stereocenters. The number of fused-ring (bicyclic) bond motifs is 1. The van der Waals surface area contributed by atoms with Gasteiger partial charge in [0, 0.05) is 23.3 Å². The van der Waals surface area contributed by atoms with Gasteiger partial charge < -0.3 is 14.6 Å². The molecule has 1 N–H and O–H groups in total. The van der Waals surface area contributed by atoms with E-state index in [4.69, 9.17) is 9.47 Å². The summed E-state index contributed by atoms with van der Waals surface area (Å²) in [6.45, 7) is 0.221. The molecule has 20 heavy (non-hydrogen) atoms. The fraction of sp³-hybridized carbons (Fsp3) is 0.200. The van der Waals surface area contributed by atoms with Crippen molar-refractivity contribution in [3.8, 4) is 11.5 Å². The van der Waals surface area contributed by atoms with Gasteiger partial charge >= 0.3 is 0 Å². The first-order valence-corrected chi connectivity index (χ1v) is 6.15. The highest BCUT2D eigenvalue weighted by molar-refractivity contribution is 5.44. The van der Waals surface area contributed by atoms with Gasteiger partial charge in [0.05, 0.1) is 0 Å². The van der Waals surface area contributed by atoms with Crippen LogP contribution in [0.5, 0.6) is 11.5 Å². The van der Waals surface area contributed by atoms with Crippen LogP contribution < -0.4 is 9.47 Å². The monoisotopic (exact) mass is 278 g/mol. The molecule has 3 rings (SSSR count). The van der Waals surface area contributed by atoms with Crippen molar-refractivity contribution in [3.63, 3.8) is 0 Å². The Kier molecular flexibility index (Phi) is 3.28. The second-order valence-corrected chi connectivity index (χ2v) is 4.55. The molecule has 5 heteroatoms. The molecule has 0 radical (unpaired) electrons. The van der Waals surface area contributed by atoms with Crippen molar-refractivity contribution >= 4 is 0 Å². The first-order valence-electron chi connectivity index (χ1n) is 6.15. The summed E-state index contributed by atoms with van der Waals surface area (Å²) in [4.78, 5) is 0. The maximum atomic E-state index is 13.4. The molecular formula is C15H12F2O3. The predicted octanol–water partition coefficient (Wildman–Crippen LogP) is 2.97. The average molecular weight is 278 g/mol. The Morgan fingerprint density at radius 1 is 1.20 bits per heavy atom. The summed E-state index contributed by atoms with van der Waals surface area (Å²) in [5.41, 5.74) is 0.984. The van der Waals surface area contributed by atoms with Crippen LogP contribution in [0.25, 0.3) is 0 Å². The van der Waals surface area contributed by atoms with E-state index in [1.165, 1.54) is 12.1 Å². The topological polar surface area (TPSA) is 38.7 Å². The number of halogens is 2. The van der Waals surface area contributed by atoms with E-state index < -0.39 is 17.7 Å². The summed E-state index contributed by atoms with van der Waals surface area (Å²) in [7, 11) is 0. The molecule has 0 aliphatic carbocycles. The van der Waals surface area contributed by atoms with Crippen LogP contribution in [0.15, 0.2) is 36.4 Å². The molecule has 2 aromatic rings. The highest BCUT2D eigenvalue weighted by atomic mass is 19.1. The zero-order valence-electron chi connectivity index (χ0n) is 10.5. The minimum absolute atomic E-state index is 0.00649. The zero-order chi connectivity index (χ0) is 14.1. The molecule has 3 nitrogen and oxygen atoms in total. The number of aliphatic hydroxyl groups is 1. The Morgan fingerprint density at radius 3 is 2.85 bits per heavy atom. The normalized spacial score (nSPS) is 16.6. The van der Waals surface area contributed by atoms with Crippen molar-refractivity contribution in [2.45, 2.75) is 12.7 Å². The molecule has 0 amide bonds. The lowest BCUT2D eigenvalue weighted by molar-refractivity contribution is 0.140. The molecule has 0 saturated heterocycles. The third-order valence-corrected chi connectivity index (χ3v) is 3.15. The Bertz CT molecular complexity index is 643. The third-order valence-electron chi connectivity index (χ3n) is 3.15. The molecule has 0 spiro atoms. The van der Waals surface area contributed by atoms with E-state index in [1.54, 1.807) is 18.2 Å². The number of hydrogen-bond acceptors (Lipinski definition) is 3. The standard InChI is InChI=1S/C15H12F2O3/c16-10-2-1-9(13(17)5-10)7-19-11-3-4-12-14(18)8-20-15(12)6-11/h1-6,14,18H,7-8H2. The summed E-state index contributed by atoms with van der Waals surface area (Å²) >= 11 is 0. The highest BCUT2D eigenvalue weighted by Gasteiger charge is 2.22. The van der Waals surface area contributed by atoms with Gasteiger partial charge in [0.1, 0.15) is 42.5 Å². The zero-order valence-corrected chi connectivity index (χ0v) is 10.5. The first-order chi connectivity index (χ1) is 9.63. The number of ether oxygens (including phenoxy) is 2. The highest BCUT2D eigenvalue weighted by Crippen LogP contribution is 2.35. The van der Waals surface area contributed by atoms with E-state index >= 15 is 0 Å². The lowest BCUT2D eigenvalue weighted by atomic mass is 10.1. The first kappa shape index (κ1) is 12.9. The largest absolute Gasteiger partial charge is 0.490 e. The Morgan fingerprint density at radius 2 is 2.05 bits per heavy atom. The molecule has 0 fully saturated rings. The lowest BCUT2D eigenvalue weighted by Crippen LogP contribution is -1.99. The van der Waals surface area contributed by atoms with E-state index in [2.05, 4.69) is 0 Å². The Hall–Kier alpha value is -2.14. The number of hydrogen-bond donors (Lipinski definition) is 1. The van der Waals surface area contributed by atoms with Crippen LogP contribution in [0.3, 0.4) is 0 Å². The van der Waals surface area contributed by atoms with Crippen LogP contribution in [0.2, 0.25) is 0 Å². The maximum absolute atomic E-state index is 13.4. The third kappa shape index (κ3) is 2.44. The summed E-state index contributed by atoms with van der Waals surface area (Å²) in [6.07, 6.45) is -0.617. The average Bonchev–Trinajstić information content (AvgIpc) is 2.79. The molecule has 1 aliphatic rings. The van der Waals surface area contributed by atoms with E-state index in [1.807, 2.05) is 0 Å². The van der Waals surface area contributed by atoms with E-state index in [-0.39, 0.29) is 18.8 Å². The van der Waals surface area contributed by atoms with Crippen LogP contribution >= 0.6 is 0 Å². The summed E-state index contributed by atoms with van der Waals surface area (Å²) in [5.74, 6) is -0.194. The number of aliphatic hydroxyl groups excluding tert-OH is 1. The molecule has 2 aromatic carbocycles. The quantitative estimate of drug-likeness (QED) is 0.938. The van der Waals surface area contributed by atoms with E-state index in [9.17, 15) is 13.9 Å². The van der Waals surface area contributed by atoms with Gasteiger partial charge in [-0.15, -0.1) is 0 Å². The summed E-state index contributed by atoms with van der Waals surface area (Å²) in [6, 6.07) is 8.39. The van der Waals surface area contributed by atoms with Crippen molar-refractivity contribution in [1.29, 1.82) is 0 Å². The van der Waals surface area contributed by atoms with Crippen LogP contribution in [-0.2, 0) is 6.61 Å². The van der Waals surface area contributed by atoms with Gasteiger partial charge in [0.2, 0.25) is 0 Å². The molecule has 1 unspecified atom stereocenters. The lowest BCUT2D eigenvalue weighted by Gasteiger charge is -2.08. The fourth-order valence-corrected chi connectivity index (χ4v) is 2.06. The molecule has 0 saturated carbocycles. The number of benzene rings is 2. The van der Waals surface area contributed by atoms with Crippen molar-refractivity contribution in [2.75, 3.05) is 6.61 Å². The van der Waals surface area contributed by atoms with Gasteiger partial charge in [-0.1, -0.05) is 0 Å². The van der Waals surface area contributed by atoms with Gasteiger partial charge in [-0.05, 0) is 24.3 Å². The second-order valence-electron chi connectivity index (χ2n) is 4.55. The van der Waals surface area contributed by atoms with Crippen LogP contribution in [-0.4, -0.2) is 11.7 Å². The van der Waals surface area contributed by atoms with Crippen molar-refractivity contribution in [1.82, 2.24) is 0 Å². The Balaban J connectivity index is 1.73. The Labute approximate surface area is 114 Å². The van der Waals surface area contributed by atoms with E-state index in [0.717, 1.165) is 6.07 Å². The minimum atomic E-state index is -0.641. The van der Waals surface area contributed by atoms with Crippen LogP contribution in [0.1, 0.15) is 17.2 Å². The predicted molar refractivity (Wildman–Crippen MR) is 67.6 cm³/mol. The second kappa shape index (κ2) is 5.09. The number of rotatable bonds is 3. The van der Waals surface area contributed by atoms with Crippen molar-refractivity contribution in [3.05, 3.63) is 59.2 Å². The molecule has 0 aromatic heterocycles. The van der Waals surface area contributed by atoms with Crippen LogP contribution in [0.4, 0.5) is 8.78 Å². The smallest absolute Gasteiger partial charge is 0.132 e. The van der Waals surface area contributed by atoms with Gasteiger partial charge in [-0.2, -0.15) is 0 Å². The van der Waals surface area contributed by atoms with Gasteiger partial charge in [-0.25, -0.2) is 8.78 Å². The van der Waals surface area contributed by atoms with Gasteiger partial charge in [-0.3, -0.25) is 0 Å². The maximum Gasteiger partial charge on any atom is 0.132 e. The van der Waals surface area contributed by atoms with Crippen LogP contribution in [0, 0.1) is 11.6 Å². The van der Waals surface area contributed by atoms with E-state index in [0.29, 0.717) is 17.1 Å². The summed E-state index contributed by atoms with van der Waals surface area (Å²) in [5, 5.41) is 9.59. The van der Waals surface area contributed by atoms with Gasteiger partial charge in [0.15, 0.2) is 0 Å².